The molecule has 1 saturated heterocycles. The Hall–Kier alpha value is -1.73. The molecule has 7 heteroatoms. The lowest BCUT2D eigenvalue weighted by atomic mass is 9.95. The van der Waals surface area contributed by atoms with E-state index in [1.165, 1.54) is 12.1 Å². The summed E-state index contributed by atoms with van der Waals surface area (Å²) in [5.74, 6) is -1.22. The SMILES string of the molecule is CCNC(=NCC1(O)CCOCC1)NC(C)c1ccc(F)c(F)c1. The summed E-state index contributed by atoms with van der Waals surface area (Å²) in [6.45, 7) is 5.74. The first-order chi connectivity index (χ1) is 11.4. The van der Waals surface area contributed by atoms with Crippen molar-refractivity contribution in [2.24, 2.45) is 4.99 Å². The van der Waals surface area contributed by atoms with Crippen molar-refractivity contribution >= 4 is 5.96 Å². The van der Waals surface area contributed by atoms with E-state index in [1.807, 2.05) is 13.8 Å². The van der Waals surface area contributed by atoms with E-state index < -0.39 is 17.2 Å². The zero-order chi connectivity index (χ0) is 17.6. The lowest BCUT2D eigenvalue weighted by molar-refractivity contribution is -0.0566. The summed E-state index contributed by atoms with van der Waals surface area (Å²) in [6.07, 6.45) is 1.10. The van der Waals surface area contributed by atoms with Crippen molar-refractivity contribution in [3.8, 4) is 0 Å². The second-order valence-corrected chi connectivity index (χ2v) is 6.07. The van der Waals surface area contributed by atoms with Crippen LogP contribution in [0.1, 0.15) is 38.3 Å². The first kappa shape index (κ1) is 18.6. The van der Waals surface area contributed by atoms with E-state index in [4.69, 9.17) is 4.74 Å². The fraction of sp³-hybridized carbons (Fsp3) is 0.588. The van der Waals surface area contributed by atoms with Crippen LogP contribution in [-0.2, 0) is 4.74 Å². The highest BCUT2D eigenvalue weighted by Gasteiger charge is 2.29. The Morgan fingerprint density at radius 3 is 2.67 bits per heavy atom. The predicted molar refractivity (Wildman–Crippen MR) is 88.9 cm³/mol. The maximum atomic E-state index is 13.4. The maximum absolute atomic E-state index is 13.4. The van der Waals surface area contributed by atoms with Crippen molar-refractivity contribution in [3.63, 3.8) is 0 Å². The van der Waals surface area contributed by atoms with Crippen LogP contribution < -0.4 is 10.6 Å². The van der Waals surface area contributed by atoms with Crippen molar-refractivity contribution < 1.29 is 18.6 Å². The summed E-state index contributed by atoms with van der Waals surface area (Å²) < 4.78 is 31.7. The van der Waals surface area contributed by atoms with Gasteiger partial charge in [-0.15, -0.1) is 0 Å². The Balaban J connectivity index is 2.03. The smallest absolute Gasteiger partial charge is 0.191 e. The summed E-state index contributed by atoms with van der Waals surface area (Å²) in [5.41, 5.74) is -0.240. The number of nitrogens with zero attached hydrogens (tertiary/aromatic N) is 1. The quantitative estimate of drug-likeness (QED) is 0.567. The number of guanidine groups is 1. The number of benzene rings is 1. The summed E-state index contributed by atoms with van der Waals surface area (Å²) in [4.78, 5) is 4.44. The third-order valence-electron chi connectivity index (χ3n) is 4.10. The summed E-state index contributed by atoms with van der Waals surface area (Å²) in [5, 5.41) is 16.7. The van der Waals surface area contributed by atoms with Crippen LogP contribution in [0.25, 0.3) is 0 Å². The Bertz CT molecular complexity index is 575. The molecule has 2 rings (SSSR count). The molecule has 0 spiro atoms. The molecule has 5 nitrogen and oxygen atoms in total. The van der Waals surface area contributed by atoms with Gasteiger partial charge < -0.3 is 20.5 Å². The molecule has 1 unspecified atom stereocenters. The molecule has 0 bridgehead atoms. The van der Waals surface area contributed by atoms with E-state index in [9.17, 15) is 13.9 Å². The van der Waals surface area contributed by atoms with Crippen molar-refractivity contribution in [1.29, 1.82) is 0 Å². The minimum absolute atomic E-state index is 0.260. The number of hydrogen-bond donors (Lipinski definition) is 3. The number of aliphatic imine (C=N–C) groups is 1. The molecule has 1 aliphatic heterocycles. The highest BCUT2D eigenvalue weighted by molar-refractivity contribution is 5.80. The van der Waals surface area contributed by atoms with Crippen LogP contribution in [0, 0.1) is 11.6 Å². The lowest BCUT2D eigenvalue weighted by Gasteiger charge is -2.30. The normalized spacial score (nSPS) is 19.0. The van der Waals surface area contributed by atoms with Crippen LogP contribution in [0.4, 0.5) is 8.78 Å². The van der Waals surface area contributed by atoms with E-state index in [1.54, 1.807) is 0 Å². The van der Waals surface area contributed by atoms with Crippen molar-refractivity contribution in [3.05, 3.63) is 35.4 Å². The molecule has 1 atom stereocenters. The molecule has 0 saturated carbocycles. The number of halogens is 2. The predicted octanol–water partition coefficient (Wildman–Crippen LogP) is 2.12. The number of ether oxygens (including phenoxy) is 1. The van der Waals surface area contributed by atoms with Gasteiger partial charge >= 0.3 is 0 Å². The van der Waals surface area contributed by atoms with Crippen LogP contribution in [-0.4, -0.2) is 43.0 Å². The van der Waals surface area contributed by atoms with Crippen LogP contribution in [0.15, 0.2) is 23.2 Å². The molecule has 0 aliphatic carbocycles. The van der Waals surface area contributed by atoms with Crippen molar-refractivity contribution in [1.82, 2.24) is 10.6 Å². The molecule has 1 heterocycles. The molecule has 1 aliphatic rings. The van der Waals surface area contributed by atoms with Gasteiger partial charge in [0.2, 0.25) is 0 Å². The molecule has 0 radical (unpaired) electrons. The van der Waals surface area contributed by atoms with E-state index >= 15 is 0 Å². The van der Waals surface area contributed by atoms with Crippen LogP contribution in [0.5, 0.6) is 0 Å². The van der Waals surface area contributed by atoms with Crippen LogP contribution in [0.2, 0.25) is 0 Å². The van der Waals surface area contributed by atoms with Gasteiger partial charge in [0.25, 0.3) is 0 Å². The molecule has 0 aromatic heterocycles. The monoisotopic (exact) mass is 341 g/mol. The molecule has 134 valence electrons. The van der Waals surface area contributed by atoms with Gasteiger partial charge in [0.15, 0.2) is 17.6 Å². The average molecular weight is 341 g/mol. The maximum Gasteiger partial charge on any atom is 0.191 e. The molecular formula is C17H25F2N3O2. The third kappa shape index (κ3) is 5.14. The van der Waals surface area contributed by atoms with Gasteiger partial charge in [-0.3, -0.25) is 4.99 Å². The summed E-state index contributed by atoms with van der Waals surface area (Å²) in [6, 6.07) is 3.55. The minimum atomic E-state index is -0.875. The van der Waals surface area contributed by atoms with Gasteiger partial charge in [-0.25, -0.2) is 8.78 Å². The number of hydrogen-bond acceptors (Lipinski definition) is 3. The zero-order valence-corrected chi connectivity index (χ0v) is 14.1. The molecule has 1 fully saturated rings. The third-order valence-corrected chi connectivity index (χ3v) is 4.10. The van der Waals surface area contributed by atoms with E-state index in [0.717, 1.165) is 6.07 Å². The van der Waals surface area contributed by atoms with Crippen molar-refractivity contribution in [2.45, 2.75) is 38.3 Å². The van der Waals surface area contributed by atoms with E-state index in [0.29, 0.717) is 44.1 Å². The Kier molecular flexibility index (Phi) is 6.51. The number of nitrogens with one attached hydrogen (secondary N) is 2. The summed E-state index contributed by atoms with van der Waals surface area (Å²) in [7, 11) is 0. The largest absolute Gasteiger partial charge is 0.388 e. The molecule has 1 aromatic carbocycles. The van der Waals surface area contributed by atoms with Gasteiger partial charge in [-0.1, -0.05) is 6.07 Å². The fourth-order valence-electron chi connectivity index (χ4n) is 2.53. The minimum Gasteiger partial charge on any atom is -0.388 e. The molecule has 1 aromatic rings. The highest BCUT2D eigenvalue weighted by Crippen LogP contribution is 2.21. The van der Waals surface area contributed by atoms with Crippen molar-refractivity contribution in [2.75, 3.05) is 26.3 Å². The topological polar surface area (TPSA) is 65.9 Å². The highest BCUT2D eigenvalue weighted by atomic mass is 19.2. The van der Waals surface area contributed by atoms with Gasteiger partial charge in [-0.2, -0.15) is 0 Å². The Labute approximate surface area is 141 Å². The van der Waals surface area contributed by atoms with Gasteiger partial charge in [0.05, 0.1) is 18.2 Å². The van der Waals surface area contributed by atoms with E-state index in [-0.39, 0.29) is 12.6 Å². The first-order valence-electron chi connectivity index (χ1n) is 8.23. The van der Waals surface area contributed by atoms with Gasteiger partial charge in [0.1, 0.15) is 0 Å². The summed E-state index contributed by atoms with van der Waals surface area (Å²) >= 11 is 0. The number of aliphatic hydroxyl groups is 1. The first-order valence-corrected chi connectivity index (χ1v) is 8.23. The molecule has 0 amide bonds. The lowest BCUT2D eigenvalue weighted by Crippen LogP contribution is -2.43. The van der Waals surface area contributed by atoms with Gasteiger partial charge in [-0.05, 0) is 31.5 Å². The van der Waals surface area contributed by atoms with Crippen LogP contribution in [0.3, 0.4) is 0 Å². The average Bonchev–Trinajstić information content (AvgIpc) is 2.56. The van der Waals surface area contributed by atoms with E-state index in [2.05, 4.69) is 15.6 Å². The second kappa shape index (κ2) is 8.39. The Morgan fingerprint density at radius 1 is 1.33 bits per heavy atom. The standard InChI is InChI=1S/C17H25F2N3O2/c1-3-20-16(21-11-17(23)6-8-24-9-7-17)22-12(2)13-4-5-14(18)15(19)10-13/h4-5,10,12,23H,3,6-9,11H2,1-2H3,(H2,20,21,22). The molecule has 3 N–H and O–H groups in total. The van der Waals surface area contributed by atoms with Crippen LogP contribution >= 0.6 is 0 Å². The number of rotatable bonds is 5. The zero-order valence-electron chi connectivity index (χ0n) is 14.1. The fourth-order valence-corrected chi connectivity index (χ4v) is 2.53. The second-order valence-electron chi connectivity index (χ2n) is 6.07. The van der Waals surface area contributed by atoms with Gasteiger partial charge in [0, 0.05) is 32.6 Å². The Morgan fingerprint density at radius 2 is 2.04 bits per heavy atom. The molecular weight excluding hydrogens is 316 g/mol. The molecule has 24 heavy (non-hydrogen) atoms.